The summed E-state index contributed by atoms with van der Waals surface area (Å²) in [6.45, 7) is 3.89. The van der Waals surface area contributed by atoms with Crippen molar-refractivity contribution in [1.82, 2.24) is 0 Å². The van der Waals surface area contributed by atoms with Crippen molar-refractivity contribution in [3.05, 3.63) is 77.0 Å². The molecule has 1 aliphatic carbocycles. The predicted octanol–water partition coefficient (Wildman–Crippen LogP) is 3.98. The number of anilines is 2. The molecule has 0 aliphatic heterocycles. The average molecular weight is 419 g/mol. The van der Waals surface area contributed by atoms with Gasteiger partial charge in [0.2, 0.25) is 5.78 Å². The summed E-state index contributed by atoms with van der Waals surface area (Å²) >= 11 is 0. The van der Waals surface area contributed by atoms with Gasteiger partial charge in [0.1, 0.15) is 17.0 Å². The Morgan fingerprint density at radius 3 is 2.45 bits per heavy atom. The van der Waals surface area contributed by atoms with Gasteiger partial charge in [-0.15, -0.1) is 0 Å². The summed E-state index contributed by atoms with van der Waals surface area (Å²) < 4.78 is 5.48. The summed E-state index contributed by atoms with van der Waals surface area (Å²) in [6.07, 6.45) is 4.82. The number of benzene rings is 2. The van der Waals surface area contributed by atoms with E-state index >= 15 is 0 Å². The van der Waals surface area contributed by atoms with Gasteiger partial charge in [0, 0.05) is 31.2 Å². The summed E-state index contributed by atoms with van der Waals surface area (Å²) in [5.74, 6) is -1.12. The Balaban J connectivity index is 1.77. The number of ketones is 1. The molecule has 0 atom stereocenters. The molecule has 160 valence electrons. The number of nitrogens with one attached hydrogen (secondary N) is 1. The van der Waals surface area contributed by atoms with Crippen LogP contribution in [0, 0.1) is 13.8 Å². The van der Waals surface area contributed by atoms with Crippen LogP contribution in [0.5, 0.6) is 5.75 Å². The van der Waals surface area contributed by atoms with E-state index in [1.807, 2.05) is 27.9 Å². The lowest BCUT2D eigenvalue weighted by Crippen LogP contribution is -2.17. The first kappa shape index (κ1) is 21.8. The highest BCUT2D eigenvalue weighted by atomic mass is 16.5. The molecule has 0 saturated carbocycles. The SMILES string of the molecule is Cc1cc(N(C)C)cc(C)c1NC1=C/C(=N\COc2ccccc2C(=O)O)C(=O)C=C1. The van der Waals surface area contributed by atoms with Gasteiger partial charge >= 0.3 is 5.97 Å². The molecule has 0 saturated heterocycles. The molecule has 1 aliphatic rings. The number of carboxylic acid groups (broad SMARTS) is 1. The highest BCUT2D eigenvalue weighted by Crippen LogP contribution is 2.28. The highest BCUT2D eigenvalue weighted by molar-refractivity contribution is 6.49. The Morgan fingerprint density at radius 1 is 1.13 bits per heavy atom. The molecule has 3 rings (SSSR count). The maximum atomic E-state index is 12.2. The predicted molar refractivity (Wildman–Crippen MR) is 122 cm³/mol. The first-order valence-electron chi connectivity index (χ1n) is 9.75. The molecule has 0 aromatic heterocycles. The Kier molecular flexibility index (Phi) is 6.55. The summed E-state index contributed by atoms with van der Waals surface area (Å²) in [5.41, 5.74) is 5.27. The molecule has 0 fully saturated rings. The van der Waals surface area contributed by atoms with Crippen LogP contribution >= 0.6 is 0 Å². The molecule has 0 radical (unpaired) electrons. The maximum absolute atomic E-state index is 12.2. The Morgan fingerprint density at radius 2 is 1.81 bits per heavy atom. The minimum atomic E-state index is -1.09. The van der Waals surface area contributed by atoms with Crippen LogP contribution in [0.3, 0.4) is 0 Å². The van der Waals surface area contributed by atoms with E-state index in [1.54, 1.807) is 30.4 Å². The van der Waals surface area contributed by atoms with Crippen LogP contribution in [-0.4, -0.2) is 43.4 Å². The van der Waals surface area contributed by atoms with Crippen molar-refractivity contribution in [2.45, 2.75) is 13.8 Å². The van der Waals surface area contributed by atoms with E-state index in [-0.39, 0.29) is 29.5 Å². The van der Waals surface area contributed by atoms with Gasteiger partial charge in [-0.1, -0.05) is 12.1 Å². The lowest BCUT2D eigenvalue weighted by atomic mass is 10.0. The van der Waals surface area contributed by atoms with E-state index in [0.717, 1.165) is 28.2 Å². The third-order valence-corrected chi connectivity index (χ3v) is 4.83. The van der Waals surface area contributed by atoms with Crippen LogP contribution < -0.4 is 15.0 Å². The monoisotopic (exact) mass is 419 g/mol. The van der Waals surface area contributed by atoms with E-state index in [0.29, 0.717) is 0 Å². The first-order chi connectivity index (χ1) is 14.8. The molecule has 7 nitrogen and oxygen atoms in total. The van der Waals surface area contributed by atoms with E-state index in [9.17, 15) is 14.7 Å². The first-order valence-corrected chi connectivity index (χ1v) is 9.75. The second-order valence-corrected chi connectivity index (χ2v) is 7.39. The molecule has 0 amide bonds. The van der Waals surface area contributed by atoms with Gasteiger partial charge in [0.15, 0.2) is 6.73 Å². The van der Waals surface area contributed by atoms with E-state index in [4.69, 9.17) is 4.74 Å². The second kappa shape index (κ2) is 9.30. The van der Waals surface area contributed by atoms with Crippen molar-refractivity contribution in [1.29, 1.82) is 0 Å². The number of nitrogens with zero attached hydrogens (tertiary/aromatic N) is 2. The van der Waals surface area contributed by atoms with Crippen molar-refractivity contribution in [3.63, 3.8) is 0 Å². The van der Waals surface area contributed by atoms with Crippen LogP contribution in [0.1, 0.15) is 21.5 Å². The van der Waals surface area contributed by atoms with Crippen LogP contribution in [0.25, 0.3) is 0 Å². The lowest BCUT2D eigenvalue weighted by Gasteiger charge is -2.20. The van der Waals surface area contributed by atoms with Gasteiger partial charge < -0.3 is 20.1 Å². The Bertz CT molecular complexity index is 1090. The summed E-state index contributed by atoms with van der Waals surface area (Å²) in [5, 5.41) is 12.6. The number of aryl methyl sites for hydroxylation is 2. The van der Waals surface area contributed by atoms with Gasteiger partial charge in [-0.3, -0.25) is 4.79 Å². The third kappa shape index (κ3) is 5.19. The fourth-order valence-electron chi connectivity index (χ4n) is 3.20. The smallest absolute Gasteiger partial charge is 0.339 e. The molecule has 31 heavy (non-hydrogen) atoms. The van der Waals surface area contributed by atoms with Crippen LogP contribution in [0.2, 0.25) is 0 Å². The zero-order chi connectivity index (χ0) is 22.5. The molecule has 0 bridgehead atoms. The highest BCUT2D eigenvalue weighted by Gasteiger charge is 2.15. The fourth-order valence-corrected chi connectivity index (χ4v) is 3.20. The molecule has 7 heteroatoms. The number of carbonyl (C=O) groups excluding carboxylic acids is 1. The molecule has 2 N–H and O–H groups in total. The van der Waals surface area contributed by atoms with Gasteiger partial charge in [-0.25, -0.2) is 9.79 Å². The number of ether oxygens (including phenoxy) is 1. The molecular weight excluding hydrogens is 394 g/mol. The van der Waals surface area contributed by atoms with Crippen molar-refractivity contribution in [2.24, 2.45) is 4.99 Å². The van der Waals surface area contributed by atoms with Gasteiger partial charge in [-0.2, -0.15) is 0 Å². The second-order valence-electron chi connectivity index (χ2n) is 7.39. The third-order valence-electron chi connectivity index (χ3n) is 4.83. The van der Waals surface area contributed by atoms with E-state index in [1.165, 1.54) is 12.1 Å². The van der Waals surface area contributed by atoms with Crippen LogP contribution in [-0.2, 0) is 4.79 Å². The summed E-state index contributed by atoms with van der Waals surface area (Å²) in [6, 6.07) is 10.5. The minimum absolute atomic E-state index is 0.0441. The number of aliphatic imine (C=N–C) groups is 1. The number of carbonyl (C=O) groups is 2. The average Bonchev–Trinajstić information content (AvgIpc) is 2.72. The lowest BCUT2D eigenvalue weighted by molar-refractivity contribution is -0.108. The summed E-state index contributed by atoms with van der Waals surface area (Å²) in [4.78, 5) is 29.7. The van der Waals surface area contributed by atoms with Crippen molar-refractivity contribution >= 4 is 28.8 Å². The maximum Gasteiger partial charge on any atom is 0.339 e. The Hall–Kier alpha value is -3.87. The number of aromatic carboxylic acids is 1. The number of para-hydroxylation sites is 1. The van der Waals surface area contributed by atoms with E-state index in [2.05, 4.69) is 27.3 Å². The molecular formula is C24H25N3O4. The fraction of sp³-hybridized carbons (Fsp3) is 0.208. The minimum Gasteiger partial charge on any atom is -0.478 e. The topological polar surface area (TPSA) is 91.2 Å². The standard InChI is InChI=1S/C24H25N3O4/c1-15-11-18(27(3)4)12-16(2)23(15)26-17-9-10-21(28)20(13-17)25-14-31-22-8-6-5-7-19(22)24(29)30/h5-13,26H,14H2,1-4H3,(H,29,30)/b25-20+. The largest absolute Gasteiger partial charge is 0.478 e. The van der Waals surface area contributed by atoms with Crippen molar-refractivity contribution < 1.29 is 19.4 Å². The number of allylic oxidation sites excluding steroid dienone is 3. The molecule has 2 aromatic carbocycles. The van der Waals surface area contributed by atoms with E-state index < -0.39 is 5.97 Å². The van der Waals surface area contributed by atoms with Crippen molar-refractivity contribution in [3.8, 4) is 5.75 Å². The molecule has 2 aromatic rings. The molecule has 0 heterocycles. The van der Waals surface area contributed by atoms with Gasteiger partial charge in [0.05, 0.1) is 0 Å². The van der Waals surface area contributed by atoms with Gasteiger partial charge in [0.25, 0.3) is 0 Å². The molecule has 0 unspecified atom stereocenters. The Labute approximate surface area is 181 Å². The van der Waals surface area contributed by atoms with Gasteiger partial charge in [-0.05, 0) is 67.5 Å². The van der Waals surface area contributed by atoms with Crippen molar-refractivity contribution in [2.75, 3.05) is 31.0 Å². The number of hydrogen-bond acceptors (Lipinski definition) is 6. The normalized spacial score (nSPS) is 14.4. The zero-order valence-electron chi connectivity index (χ0n) is 18.0. The van der Waals surface area contributed by atoms with Crippen LogP contribution in [0.4, 0.5) is 11.4 Å². The number of rotatable bonds is 7. The quantitative estimate of drug-likeness (QED) is 0.660. The molecule has 0 spiro atoms. The number of hydrogen-bond donors (Lipinski definition) is 2. The summed E-state index contributed by atoms with van der Waals surface area (Å²) in [7, 11) is 4.00. The van der Waals surface area contributed by atoms with Crippen LogP contribution in [0.15, 0.2) is 65.3 Å². The zero-order valence-corrected chi connectivity index (χ0v) is 18.0. The number of carboxylic acids is 1.